The molecule has 2 amide bonds. The number of aryl methyl sites for hydroxylation is 1. The molecule has 0 aliphatic carbocycles. The van der Waals surface area contributed by atoms with E-state index in [1.807, 2.05) is 19.1 Å². The zero-order chi connectivity index (χ0) is 16.8. The molecule has 0 unspecified atom stereocenters. The first-order chi connectivity index (χ1) is 11.0. The molecular weight excluding hydrogens is 294 g/mol. The lowest BCUT2D eigenvalue weighted by Gasteiger charge is -2.12. The van der Waals surface area contributed by atoms with Crippen molar-refractivity contribution in [2.75, 3.05) is 24.3 Å². The number of methoxy groups -OCH3 is 1. The molecule has 2 aromatic carbocycles. The largest absolute Gasteiger partial charge is 0.495 e. The van der Waals surface area contributed by atoms with Gasteiger partial charge in [-0.15, -0.1) is 0 Å². The van der Waals surface area contributed by atoms with Crippen molar-refractivity contribution in [1.29, 1.82) is 0 Å². The Labute approximate surface area is 134 Å². The second-order valence-electron chi connectivity index (χ2n) is 4.99. The molecule has 0 heterocycles. The van der Waals surface area contributed by atoms with Gasteiger partial charge in [-0.1, -0.05) is 17.7 Å². The van der Waals surface area contributed by atoms with Crippen LogP contribution in [0.4, 0.5) is 11.4 Å². The Kier molecular flexibility index (Phi) is 5.32. The molecule has 120 valence electrons. The molecule has 0 saturated heterocycles. The van der Waals surface area contributed by atoms with Crippen LogP contribution in [0, 0.1) is 6.92 Å². The molecule has 0 atom stereocenters. The molecule has 0 fully saturated rings. The maximum atomic E-state index is 12.3. The van der Waals surface area contributed by atoms with E-state index in [0.29, 0.717) is 22.7 Å². The van der Waals surface area contributed by atoms with Gasteiger partial charge in [-0.25, -0.2) is 0 Å². The van der Waals surface area contributed by atoms with Crippen molar-refractivity contribution in [1.82, 2.24) is 0 Å². The van der Waals surface area contributed by atoms with Gasteiger partial charge in [-0.2, -0.15) is 0 Å². The van der Waals surface area contributed by atoms with Crippen molar-refractivity contribution in [3.63, 3.8) is 0 Å². The average molecular weight is 313 g/mol. The van der Waals surface area contributed by atoms with Crippen LogP contribution in [0.3, 0.4) is 0 Å². The third kappa shape index (κ3) is 4.31. The number of hydrogen-bond donors (Lipinski definition) is 3. The zero-order valence-electron chi connectivity index (χ0n) is 13.1. The minimum Gasteiger partial charge on any atom is -0.495 e. The van der Waals surface area contributed by atoms with E-state index in [9.17, 15) is 9.59 Å². The van der Waals surface area contributed by atoms with Crippen LogP contribution in [-0.2, 0) is 4.79 Å². The third-order valence-corrected chi connectivity index (χ3v) is 3.20. The van der Waals surface area contributed by atoms with Crippen LogP contribution in [0.1, 0.15) is 15.9 Å². The number of carbonyl (C=O) groups excluding carboxylic acids is 2. The smallest absolute Gasteiger partial charge is 0.255 e. The third-order valence-electron chi connectivity index (χ3n) is 3.20. The number of carbonyl (C=O) groups is 2. The summed E-state index contributed by atoms with van der Waals surface area (Å²) in [5.41, 5.74) is 7.86. The summed E-state index contributed by atoms with van der Waals surface area (Å²) in [7, 11) is 1.50. The van der Waals surface area contributed by atoms with Gasteiger partial charge in [0.25, 0.3) is 5.91 Å². The van der Waals surface area contributed by atoms with Crippen LogP contribution >= 0.6 is 0 Å². The Balaban J connectivity index is 2.21. The van der Waals surface area contributed by atoms with Crippen LogP contribution < -0.4 is 21.1 Å². The highest BCUT2D eigenvalue weighted by Gasteiger charge is 2.10. The Morgan fingerprint density at radius 1 is 1.13 bits per heavy atom. The first-order valence-electron chi connectivity index (χ1n) is 7.09. The van der Waals surface area contributed by atoms with Crippen LogP contribution in [0.25, 0.3) is 0 Å². The number of anilines is 2. The molecule has 0 aromatic heterocycles. The molecule has 2 rings (SSSR count). The average Bonchev–Trinajstić information content (AvgIpc) is 2.55. The van der Waals surface area contributed by atoms with Crippen molar-refractivity contribution in [2.45, 2.75) is 6.92 Å². The van der Waals surface area contributed by atoms with E-state index < -0.39 is 0 Å². The number of ether oxygens (including phenoxy) is 1. The lowest BCUT2D eigenvalue weighted by atomic mass is 10.1. The van der Waals surface area contributed by atoms with E-state index in [4.69, 9.17) is 10.5 Å². The number of amides is 2. The van der Waals surface area contributed by atoms with Crippen LogP contribution in [0.15, 0.2) is 42.5 Å². The van der Waals surface area contributed by atoms with E-state index in [1.54, 1.807) is 30.3 Å². The number of benzene rings is 2. The highest BCUT2D eigenvalue weighted by molar-refractivity contribution is 6.05. The van der Waals surface area contributed by atoms with E-state index in [-0.39, 0.29) is 18.4 Å². The molecule has 4 N–H and O–H groups in total. The predicted molar refractivity (Wildman–Crippen MR) is 89.8 cm³/mol. The Bertz CT molecular complexity index is 729. The van der Waals surface area contributed by atoms with E-state index in [2.05, 4.69) is 10.6 Å². The van der Waals surface area contributed by atoms with Gasteiger partial charge < -0.3 is 21.1 Å². The first-order valence-corrected chi connectivity index (χ1v) is 7.09. The van der Waals surface area contributed by atoms with Gasteiger partial charge in [0.2, 0.25) is 5.91 Å². The Morgan fingerprint density at radius 2 is 1.91 bits per heavy atom. The van der Waals surface area contributed by atoms with Gasteiger partial charge in [-0.3, -0.25) is 9.59 Å². The molecule has 2 aromatic rings. The van der Waals surface area contributed by atoms with Crippen molar-refractivity contribution in [3.8, 4) is 5.75 Å². The summed E-state index contributed by atoms with van der Waals surface area (Å²) in [6.07, 6.45) is 0. The molecule has 0 aliphatic heterocycles. The lowest BCUT2D eigenvalue weighted by molar-refractivity contribution is -0.114. The van der Waals surface area contributed by atoms with Crippen molar-refractivity contribution >= 4 is 23.2 Å². The standard InChI is InChI=1S/C17H19N3O3/c1-11-4-3-5-12(8-11)17(22)19-13-6-7-15(23-2)14(9-13)20-16(21)10-18/h3-9H,10,18H2,1-2H3,(H,19,22)(H,20,21). The first kappa shape index (κ1) is 16.5. The molecule has 0 saturated carbocycles. The monoisotopic (exact) mass is 313 g/mol. The summed E-state index contributed by atoms with van der Waals surface area (Å²) >= 11 is 0. The molecule has 0 bridgehead atoms. The Morgan fingerprint density at radius 3 is 2.57 bits per heavy atom. The van der Waals surface area contributed by atoms with Crippen LogP contribution in [0.2, 0.25) is 0 Å². The molecule has 0 aliphatic rings. The minimum absolute atomic E-state index is 0.136. The minimum atomic E-state index is -0.342. The summed E-state index contributed by atoms with van der Waals surface area (Å²) in [4.78, 5) is 23.7. The molecule has 23 heavy (non-hydrogen) atoms. The van der Waals surface area contributed by atoms with E-state index in [0.717, 1.165) is 5.56 Å². The van der Waals surface area contributed by atoms with Gasteiger partial charge in [0.15, 0.2) is 0 Å². The van der Waals surface area contributed by atoms with Gasteiger partial charge in [0, 0.05) is 11.3 Å². The molecule has 0 radical (unpaired) electrons. The van der Waals surface area contributed by atoms with Crippen molar-refractivity contribution in [2.24, 2.45) is 5.73 Å². The predicted octanol–water partition coefficient (Wildman–Crippen LogP) is 2.15. The zero-order valence-corrected chi connectivity index (χ0v) is 13.1. The molecule has 6 nitrogen and oxygen atoms in total. The van der Waals surface area contributed by atoms with Gasteiger partial charge in [-0.05, 0) is 37.3 Å². The van der Waals surface area contributed by atoms with Crippen LogP contribution in [-0.4, -0.2) is 25.5 Å². The molecule has 0 spiro atoms. The maximum Gasteiger partial charge on any atom is 0.255 e. The van der Waals surface area contributed by atoms with E-state index in [1.165, 1.54) is 7.11 Å². The number of hydrogen-bond acceptors (Lipinski definition) is 4. The van der Waals surface area contributed by atoms with Gasteiger partial charge in [0.05, 0.1) is 19.3 Å². The van der Waals surface area contributed by atoms with Gasteiger partial charge in [0.1, 0.15) is 5.75 Å². The highest BCUT2D eigenvalue weighted by Crippen LogP contribution is 2.28. The topological polar surface area (TPSA) is 93.5 Å². The quantitative estimate of drug-likeness (QED) is 0.788. The SMILES string of the molecule is COc1ccc(NC(=O)c2cccc(C)c2)cc1NC(=O)CN. The van der Waals surface area contributed by atoms with Crippen molar-refractivity contribution in [3.05, 3.63) is 53.6 Å². The highest BCUT2D eigenvalue weighted by atomic mass is 16.5. The molecule has 6 heteroatoms. The number of nitrogens with one attached hydrogen (secondary N) is 2. The van der Waals surface area contributed by atoms with E-state index >= 15 is 0 Å². The summed E-state index contributed by atoms with van der Waals surface area (Å²) in [6, 6.07) is 12.3. The van der Waals surface area contributed by atoms with Crippen LogP contribution in [0.5, 0.6) is 5.75 Å². The normalized spacial score (nSPS) is 10.0. The second kappa shape index (κ2) is 7.42. The second-order valence-corrected chi connectivity index (χ2v) is 4.99. The Hall–Kier alpha value is -2.86. The fourth-order valence-corrected chi connectivity index (χ4v) is 2.07. The number of rotatable bonds is 5. The lowest BCUT2D eigenvalue weighted by Crippen LogP contribution is -2.22. The summed E-state index contributed by atoms with van der Waals surface area (Å²) < 4.78 is 5.18. The summed E-state index contributed by atoms with van der Waals surface area (Å²) in [5.74, 6) is -0.0826. The van der Waals surface area contributed by atoms with Gasteiger partial charge >= 0.3 is 0 Å². The number of nitrogens with two attached hydrogens (primary N) is 1. The fraction of sp³-hybridized carbons (Fsp3) is 0.176. The fourth-order valence-electron chi connectivity index (χ4n) is 2.07. The summed E-state index contributed by atoms with van der Waals surface area (Å²) in [6.45, 7) is 1.79. The van der Waals surface area contributed by atoms with Crippen molar-refractivity contribution < 1.29 is 14.3 Å². The summed E-state index contributed by atoms with van der Waals surface area (Å²) in [5, 5.41) is 5.42. The maximum absolute atomic E-state index is 12.3. The molecular formula is C17H19N3O3.